The van der Waals surface area contributed by atoms with Crippen molar-refractivity contribution in [2.75, 3.05) is 4.90 Å². The fourth-order valence-electron chi connectivity index (χ4n) is 10.0. The van der Waals surface area contributed by atoms with Gasteiger partial charge in [0.1, 0.15) is 0 Å². The van der Waals surface area contributed by atoms with Crippen LogP contribution in [-0.4, -0.2) is 0 Å². The fourth-order valence-corrected chi connectivity index (χ4v) is 10.0. The van der Waals surface area contributed by atoms with Gasteiger partial charge in [0.2, 0.25) is 0 Å². The molecule has 1 nitrogen and oxygen atoms in total. The second kappa shape index (κ2) is 10.5. The lowest BCUT2D eigenvalue weighted by atomic mass is 9.67. The van der Waals surface area contributed by atoms with E-state index in [2.05, 4.69) is 181 Å². The topological polar surface area (TPSA) is 3.24 Å². The van der Waals surface area contributed by atoms with Crippen LogP contribution in [0.1, 0.15) is 46.6 Å². The smallest absolute Gasteiger partial charge is 0.0547 e. The van der Waals surface area contributed by atoms with Crippen LogP contribution in [0.3, 0.4) is 0 Å². The van der Waals surface area contributed by atoms with Gasteiger partial charge in [-0.1, -0.05) is 140 Å². The molecule has 0 N–H and O–H groups in total. The lowest BCUT2D eigenvalue weighted by molar-refractivity contribution is 0.499. The zero-order valence-electron chi connectivity index (χ0n) is 27.8. The van der Waals surface area contributed by atoms with Gasteiger partial charge in [-0.2, -0.15) is 0 Å². The highest BCUT2D eigenvalue weighted by atomic mass is 15.1. The van der Waals surface area contributed by atoms with Crippen molar-refractivity contribution in [2.45, 2.75) is 24.2 Å². The van der Waals surface area contributed by atoms with Crippen LogP contribution >= 0.6 is 0 Å². The number of hydrogen-bond acceptors (Lipinski definition) is 1. The molecule has 1 spiro atoms. The van der Waals surface area contributed by atoms with Crippen LogP contribution in [0.4, 0.5) is 17.1 Å². The number of benzene rings is 6. The van der Waals surface area contributed by atoms with E-state index < -0.39 is 0 Å². The van der Waals surface area contributed by atoms with Crippen molar-refractivity contribution in [3.63, 3.8) is 0 Å². The summed E-state index contributed by atoms with van der Waals surface area (Å²) in [5.74, 6) is 0.762. The third kappa shape index (κ3) is 3.72. The van der Waals surface area contributed by atoms with Gasteiger partial charge in [-0.3, -0.25) is 0 Å². The van der Waals surface area contributed by atoms with Crippen LogP contribution in [0.25, 0.3) is 33.4 Å². The van der Waals surface area contributed by atoms with Gasteiger partial charge in [-0.15, -0.1) is 0 Å². The Hall–Kier alpha value is -5.92. The Morgan fingerprint density at radius 1 is 0.580 bits per heavy atom. The molecule has 6 aromatic rings. The largest absolute Gasteiger partial charge is 0.310 e. The highest BCUT2D eigenvalue weighted by Gasteiger charge is 2.64. The Balaban J connectivity index is 1.11. The number of rotatable bonds is 5. The third-order valence-corrected chi connectivity index (χ3v) is 12.0. The average Bonchev–Trinajstić information content (AvgIpc) is 3.79. The summed E-state index contributed by atoms with van der Waals surface area (Å²) in [6, 6.07) is 54.0. The fraction of sp³-hybridized carbons (Fsp3) is 0.102. The third-order valence-electron chi connectivity index (χ3n) is 12.0. The zero-order valence-corrected chi connectivity index (χ0v) is 27.8. The molecule has 3 unspecified atom stereocenters. The molecule has 3 atom stereocenters. The molecule has 1 heteroatoms. The van der Waals surface area contributed by atoms with Crippen molar-refractivity contribution in [2.24, 2.45) is 5.92 Å². The summed E-state index contributed by atoms with van der Waals surface area (Å²) in [5.41, 5.74) is 20.4. The highest BCUT2D eigenvalue weighted by Crippen LogP contribution is 2.73. The van der Waals surface area contributed by atoms with Gasteiger partial charge >= 0.3 is 0 Å². The molecule has 5 aliphatic carbocycles. The highest BCUT2D eigenvalue weighted by molar-refractivity contribution is 5.99. The zero-order chi connectivity index (χ0) is 32.8. The molecule has 50 heavy (non-hydrogen) atoms. The standard InChI is InChI=1S/C49H35N/c1-3-11-32(12-4-1)34-21-25-36(26-22-34)50(37-27-23-35(24-28-37)33-13-5-2-6-14-33)38-29-30-40-42-17-10-19-44-43-18-9-16-41-39-15-7-8-20-45(39)49(47(41)43,48(42)44)46(40)31-38/h1-6,8-14,16-31,42,48H,7,15H2. The van der Waals surface area contributed by atoms with E-state index in [1.165, 1.54) is 55.8 Å². The first-order valence-corrected chi connectivity index (χ1v) is 18.0. The van der Waals surface area contributed by atoms with Gasteiger partial charge in [0.15, 0.2) is 0 Å². The van der Waals surface area contributed by atoms with Crippen LogP contribution in [0.2, 0.25) is 0 Å². The van der Waals surface area contributed by atoms with Crippen LogP contribution in [0.15, 0.2) is 182 Å². The summed E-state index contributed by atoms with van der Waals surface area (Å²) < 4.78 is 0. The first-order chi connectivity index (χ1) is 24.8. The van der Waals surface area contributed by atoms with Gasteiger partial charge in [0.05, 0.1) is 5.41 Å². The molecular formula is C49H35N. The number of nitrogens with zero attached hydrogens (tertiary/aromatic N) is 1. The monoisotopic (exact) mass is 637 g/mol. The van der Waals surface area contributed by atoms with Crippen molar-refractivity contribution < 1.29 is 0 Å². The van der Waals surface area contributed by atoms with Crippen LogP contribution < -0.4 is 4.90 Å². The number of hydrogen-bond donors (Lipinski definition) is 0. The lowest BCUT2D eigenvalue weighted by Crippen LogP contribution is -2.31. The molecule has 11 rings (SSSR count). The molecule has 0 fully saturated rings. The van der Waals surface area contributed by atoms with Crippen LogP contribution in [-0.2, 0) is 5.41 Å². The van der Waals surface area contributed by atoms with Gasteiger partial charge in [-0.05, 0) is 116 Å². The van der Waals surface area contributed by atoms with Crippen molar-refractivity contribution in [3.05, 3.63) is 209 Å². The molecule has 0 amide bonds. The van der Waals surface area contributed by atoms with Gasteiger partial charge < -0.3 is 4.90 Å². The minimum atomic E-state index is -0.148. The Morgan fingerprint density at radius 2 is 1.20 bits per heavy atom. The van der Waals surface area contributed by atoms with E-state index in [1.807, 2.05) is 0 Å². The maximum Gasteiger partial charge on any atom is 0.0547 e. The molecule has 0 saturated carbocycles. The Kier molecular flexibility index (Phi) is 5.90. The summed E-state index contributed by atoms with van der Waals surface area (Å²) in [4.78, 5) is 2.46. The van der Waals surface area contributed by atoms with Crippen molar-refractivity contribution in [3.8, 4) is 22.3 Å². The Morgan fingerprint density at radius 3 is 1.88 bits per heavy atom. The summed E-state index contributed by atoms with van der Waals surface area (Å²) in [7, 11) is 0. The second-order valence-corrected chi connectivity index (χ2v) is 14.3. The maximum atomic E-state index is 2.56. The van der Waals surface area contributed by atoms with Crippen molar-refractivity contribution in [1.29, 1.82) is 0 Å². The van der Waals surface area contributed by atoms with E-state index in [0.717, 1.165) is 24.2 Å². The van der Waals surface area contributed by atoms with Crippen molar-refractivity contribution >= 4 is 28.2 Å². The molecule has 0 heterocycles. The SMILES string of the molecule is C1=CC2c3ccc(N(c4ccc(-c5ccccc5)cc4)c4ccc(-c5ccccc5)cc4)cc3C34C5=C(CCC=C5)c5cccc(c53)C(=C1)C24. The van der Waals surface area contributed by atoms with E-state index in [-0.39, 0.29) is 5.41 Å². The van der Waals surface area contributed by atoms with E-state index in [4.69, 9.17) is 0 Å². The predicted octanol–water partition coefficient (Wildman–Crippen LogP) is 12.6. The molecule has 6 aromatic carbocycles. The molecule has 0 saturated heterocycles. The molecule has 0 aliphatic heterocycles. The Labute approximate surface area is 293 Å². The molecular weight excluding hydrogens is 603 g/mol. The normalized spacial score (nSPS) is 21.4. The van der Waals surface area contributed by atoms with Gasteiger partial charge in [-0.25, -0.2) is 0 Å². The first-order valence-electron chi connectivity index (χ1n) is 18.0. The molecule has 0 aromatic heterocycles. The number of anilines is 3. The Bertz CT molecular complexity index is 2380. The first kappa shape index (κ1) is 28.0. The number of allylic oxidation sites excluding steroid dienone is 8. The summed E-state index contributed by atoms with van der Waals surface area (Å²) >= 11 is 0. The van der Waals surface area contributed by atoms with Crippen LogP contribution in [0, 0.1) is 5.92 Å². The van der Waals surface area contributed by atoms with E-state index >= 15 is 0 Å². The second-order valence-electron chi connectivity index (χ2n) is 14.3. The summed E-state index contributed by atoms with van der Waals surface area (Å²) in [6.45, 7) is 0. The van der Waals surface area contributed by atoms with E-state index in [0.29, 0.717) is 11.8 Å². The minimum Gasteiger partial charge on any atom is -0.310 e. The van der Waals surface area contributed by atoms with Gasteiger partial charge in [0, 0.05) is 28.9 Å². The minimum absolute atomic E-state index is 0.148. The number of fused-ring (bicyclic) bond motifs is 4. The lowest BCUT2D eigenvalue weighted by Gasteiger charge is -2.35. The molecule has 5 aliphatic rings. The molecule has 0 radical (unpaired) electrons. The quantitative estimate of drug-likeness (QED) is 0.182. The molecule has 236 valence electrons. The average molecular weight is 638 g/mol. The van der Waals surface area contributed by atoms with Gasteiger partial charge in [0.25, 0.3) is 0 Å². The van der Waals surface area contributed by atoms with E-state index in [1.54, 1.807) is 16.7 Å². The summed E-state index contributed by atoms with van der Waals surface area (Å²) in [6.07, 6.45) is 14.4. The van der Waals surface area contributed by atoms with Crippen molar-refractivity contribution in [1.82, 2.24) is 0 Å². The molecule has 0 bridgehead atoms. The van der Waals surface area contributed by atoms with E-state index in [9.17, 15) is 0 Å². The summed E-state index contributed by atoms with van der Waals surface area (Å²) in [5, 5.41) is 0. The predicted molar refractivity (Wildman–Crippen MR) is 208 cm³/mol. The van der Waals surface area contributed by atoms with Crippen LogP contribution in [0.5, 0.6) is 0 Å². The maximum absolute atomic E-state index is 2.56.